The van der Waals surface area contributed by atoms with Gasteiger partial charge in [0.05, 0.1) is 25.3 Å². The van der Waals surface area contributed by atoms with E-state index >= 15 is 0 Å². The summed E-state index contributed by atoms with van der Waals surface area (Å²) in [6.07, 6.45) is 0.197. The van der Waals surface area contributed by atoms with Crippen LogP contribution in [0.25, 0.3) is 11.5 Å². The van der Waals surface area contributed by atoms with Crippen LogP contribution < -0.4 is 14.8 Å². The number of rotatable bonds is 6. The van der Waals surface area contributed by atoms with Crippen molar-refractivity contribution in [3.05, 3.63) is 29.7 Å². The van der Waals surface area contributed by atoms with E-state index in [1.165, 1.54) is 0 Å². The Kier molecular flexibility index (Phi) is 5.26. The molecule has 4 rings (SSSR count). The van der Waals surface area contributed by atoms with Crippen LogP contribution in [-0.2, 0) is 16.0 Å². The lowest BCUT2D eigenvalue weighted by atomic mass is 10.2. The molecule has 2 aromatic rings. The first-order valence-corrected chi connectivity index (χ1v) is 9.12. The Labute approximate surface area is 157 Å². The lowest BCUT2D eigenvalue weighted by Gasteiger charge is -2.26. The summed E-state index contributed by atoms with van der Waals surface area (Å²) in [5, 5.41) is 2.95. The molecule has 0 spiro atoms. The highest BCUT2D eigenvalue weighted by Crippen LogP contribution is 2.36. The number of morpholine rings is 1. The molecule has 144 valence electrons. The summed E-state index contributed by atoms with van der Waals surface area (Å²) in [5.41, 5.74) is 1.44. The van der Waals surface area contributed by atoms with Crippen molar-refractivity contribution in [2.45, 2.75) is 13.3 Å². The molecule has 0 atom stereocenters. The van der Waals surface area contributed by atoms with Gasteiger partial charge in [-0.1, -0.05) is 0 Å². The van der Waals surface area contributed by atoms with Gasteiger partial charge in [-0.3, -0.25) is 9.69 Å². The summed E-state index contributed by atoms with van der Waals surface area (Å²) in [6, 6.07) is 5.53. The number of aryl methyl sites for hydroxylation is 1. The van der Waals surface area contributed by atoms with Crippen LogP contribution in [0.5, 0.6) is 11.5 Å². The molecule has 0 bridgehead atoms. The molecule has 1 aromatic carbocycles. The summed E-state index contributed by atoms with van der Waals surface area (Å²) in [5.74, 6) is 2.44. The Morgan fingerprint density at radius 3 is 2.89 bits per heavy atom. The highest BCUT2D eigenvalue weighted by atomic mass is 16.7. The number of oxazole rings is 1. The molecule has 0 saturated carbocycles. The van der Waals surface area contributed by atoms with Gasteiger partial charge >= 0.3 is 0 Å². The van der Waals surface area contributed by atoms with Crippen LogP contribution in [0.4, 0.5) is 0 Å². The van der Waals surface area contributed by atoms with Gasteiger partial charge in [-0.25, -0.2) is 4.98 Å². The van der Waals surface area contributed by atoms with Crippen molar-refractivity contribution in [2.24, 2.45) is 0 Å². The van der Waals surface area contributed by atoms with E-state index < -0.39 is 0 Å². The van der Waals surface area contributed by atoms with E-state index in [0.717, 1.165) is 38.4 Å². The van der Waals surface area contributed by atoms with Gasteiger partial charge in [0.1, 0.15) is 5.76 Å². The van der Waals surface area contributed by atoms with Gasteiger partial charge < -0.3 is 23.9 Å². The van der Waals surface area contributed by atoms with Crippen LogP contribution in [0, 0.1) is 6.92 Å². The monoisotopic (exact) mass is 373 g/mol. The number of aromatic nitrogens is 1. The van der Waals surface area contributed by atoms with Crippen LogP contribution in [-0.4, -0.2) is 62.0 Å². The average molecular weight is 373 g/mol. The molecule has 8 nitrogen and oxygen atoms in total. The lowest BCUT2D eigenvalue weighted by molar-refractivity contribution is -0.120. The van der Waals surface area contributed by atoms with Crippen molar-refractivity contribution in [3.63, 3.8) is 0 Å². The molecule has 8 heteroatoms. The predicted molar refractivity (Wildman–Crippen MR) is 96.8 cm³/mol. The minimum atomic E-state index is -0.0584. The quantitative estimate of drug-likeness (QED) is 0.818. The Balaban J connectivity index is 1.33. The molecule has 1 N–H and O–H groups in total. The minimum Gasteiger partial charge on any atom is -0.454 e. The molecule has 0 aliphatic carbocycles. The van der Waals surface area contributed by atoms with E-state index in [-0.39, 0.29) is 19.1 Å². The predicted octanol–water partition coefficient (Wildman–Crippen LogP) is 1.37. The van der Waals surface area contributed by atoms with E-state index in [2.05, 4.69) is 15.2 Å². The van der Waals surface area contributed by atoms with E-state index in [9.17, 15) is 4.79 Å². The van der Waals surface area contributed by atoms with Gasteiger partial charge in [0, 0.05) is 31.7 Å². The summed E-state index contributed by atoms with van der Waals surface area (Å²) < 4.78 is 21.8. The first kappa shape index (κ1) is 17.8. The highest BCUT2D eigenvalue weighted by Gasteiger charge is 2.19. The number of nitrogens with one attached hydrogen (secondary N) is 1. The maximum absolute atomic E-state index is 12.2. The Hall–Kier alpha value is -2.58. The standard InChI is InChI=1S/C19H23N3O5/c1-13-15(11-18(23)20-4-5-22-6-8-24-9-7-22)21-19(27-13)14-2-3-16-17(10-14)26-12-25-16/h2-3,10H,4-9,11-12H2,1H3,(H,20,23). The number of benzene rings is 1. The van der Waals surface area contributed by atoms with Crippen molar-refractivity contribution in [2.75, 3.05) is 46.2 Å². The number of hydrogen-bond acceptors (Lipinski definition) is 7. The number of hydrogen-bond donors (Lipinski definition) is 1. The molecule has 1 fully saturated rings. The summed E-state index contributed by atoms with van der Waals surface area (Å²) >= 11 is 0. The zero-order chi connectivity index (χ0) is 18.6. The fraction of sp³-hybridized carbons (Fsp3) is 0.474. The van der Waals surface area contributed by atoms with Gasteiger partial charge in [-0.05, 0) is 25.1 Å². The van der Waals surface area contributed by atoms with Gasteiger partial charge in [0.15, 0.2) is 11.5 Å². The van der Waals surface area contributed by atoms with E-state index in [1.54, 1.807) is 0 Å². The Morgan fingerprint density at radius 1 is 1.22 bits per heavy atom. The van der Waals surface area contributed by atoms with Gasteiger partial charge in [-0.2, -0.15) is 0 Å². The molecule has 3 heterocycles. The number of fused-ring (bicyclic) bond motifs is 1. The smallest absolute Gasteiger partial charge is 0.231 e. The van der Waals surface area contributed by atoms with Crippen LogP contribution in [0.2, 0.25) is 0 Å². The minimum absolute atomic E-state index is 0.0584. The Morgan fingerprint density at radius 2 is 2.04 bits per heavy atom. The van der Waals surface area contributed by atoms with Crippen molar-refractivity contribution < 1.29 is 23.4 Å². The van der Waals surface area contributed by atoms with Crippen molar-refractivity contribution >= 4 is 5.91 Å². The number of nitrogens with zero attached hydrogens (tertiary/aromatic N) is 2. The number of carbonyl (C=O) groups is 1. The van der Waals surface area contributed by atoms with E-state index in [1.807, 2.05) is 25.1 Å². The average Bonchev–Trinajstić information content (AvgIpc) is 3.29. The molecule has 1 aromatic heterocycles. The van der Waals surface area contributed by atoms with Crippen LogP contribution in [0.1, 0.15) is 11.5 Å². The molecular weight excluding hydrogens is 350 g/mol. The normalized spacial score (nSPS) is 16.5. The molecule has 2 aliphatic heterocycles. The molecule has 1 amide bonds. The second-order valence-electron chi connectivity index (χ2n) is 6.57. The third kappa shape index (κ3) is 4.23. The van der Waals surface area contributed by atoms with Gasteiger partial charge in [0.2, 0.25) is 18.6 Å². The second kappa shape index (κ2) is 7.98. The maximum Gasteiger partial charge on any atom is 0.231 e. The fourth-order valence-electron chi connectivity index (χ4n) is 3.14. The molecule has 0 unspecified atom stereocenters. The SMILES string of the molecule is Cc1oc(-c2ccc3c(c2)OCO3)nc1CC(=O)NCCN1CCOCC1. The third-order valence-corrected chi connectivity index (χ3v) is 4.69. The van der Waals surface area contributed by atoms with E-state index in [4.69, 9.17) is 18.6 Å². The zero-order valence-electron chi connectivity index (χ0n) is 15.3. The first-order chi connectivity index (χ1) is 13.2. The largest absolute Gasteiger partial charge is 0.454 e. The number of ether oxygens (including phenoxy) is 3. The highest BCUT2D eigenvalue weighted by molar-refractivity contribution is 5.78. The fourth-order valence-corrected chi connectivity index (χ4v) is 3.14. The lowest BCUT2D eigenvalue weighted by Crippen LogP contribution is -2.41. The van der Waals surface area contributed by atoms with Crippen molar-refractivity contribution in [1.82, 2.24) is 15.2 Å². The van der Waals surface area contributed by atoms with E-state index in [0.29, 0.717) is 35.4 Å². The second-order valence-corrected chi connectivity index (χ2v) is 6.57. The van der Waals surface area contributed by atoms with Crippen LogP contribution in [0.15, 0.2) is 22.6 Å². The summed E-state index contributed by atoms with van der Waals surface area (Å²) in [6.45, 7) is 6.83. The third-order valence-electron chi connectivity index (χ3n) is 4.69. The Bertz CT molecular complexity index is 814. The van der Waals surface area contributed by atoms with Crippen molar-refractivity contribution in [3.8, 4) is 23.0 Å². The molecule has 27 heavy (non-hydrogen) atoms. The molecule has 2 aliphatic rings. The van der Waals surface area contributed by atoms with Gasteiger partial charge in [0.25, 0.3) is 0 Å². The summed E-state index contributed by atoms with van der Waals surface area (Å²) in [7, 11) is 0. The first-order valence-electron chi connectivity index (χ1n) is 9.12. The summed E-state index contributed by atoms with van der Waals surface area (Å²) in [4.78, 5) is 19.0. The van der Waals surface area contributed by atoms with Gasteiger partial charge in [-0.15, -0.1) is 0 Å². The maximum atomic E-state index is 12.2. The molecule has 1 saturated heterocycles. The zero-order valence-corrected chi connectivity index (χ0v) is 15.3. The van der Waals surface area contributed by atoms with Crippen LogP contribution >= 0.6 is 0 Å². The molecular formula is C19H23N3O5. The molecule has 0 radical (unpaired) electrons. The van der Waals surface area contributed by atoms with Crippen molar-refractivity contribution in [1.29, 1.82) is 0 Å². The van der Waals surface area contributed by atoms with Crippen LogP contribution in [0.3, 0.4) is 0 Å². The number of amides is 1. The topological polar surface area (TPSA) is 86.1 Å². The number of carbonyl (C=O) groups excluding carboxylic acids is 1.